The summed E-state index contributed by atoms with van der Waals surface area (Å²) in [5.41, 5.74) is 3.42. The van der Waals surface area contributed by atoms with Gasteiger partial charge in [0.25, 0.3) is 0 Å². The Labute approximate surface area is 71.7 Å². The zero-order valence-electron chi connectivity index (χ0n) is 7.20. The van der Waals surface area contributed by atoms with Crippen molar-refractivity contribution >= 4 is 11.5 Å². The van der Waals surface area contributed by atoms with Gasteiger partial charge in [-0.1, -0.05) is 24.3 Å². The van der Waals surface area contributed by atoms with Gasteiger partial charge in [0.2, 0.25) is 0 Å². The zero-order valence-corrected chi connectivity index (χ0v) is 7.20. The molecule has 0 radical (unpaired) electrons. The van der Waals surface area contributed by atoms with Crippen LogP contribution in [-0.4, -0.2) is 18.6 Å². The van der Waals surface area contributed by atoms with Gasteiger partial charge in [0.05, 0.1) is 0 Å². The molecule has 1 aromatic rings. The summed E-state index contributed by atoms with van der Waals surface area (Å²) in [6.45, 7) is 2.01. The molecule has 0 spiro atoms. The fourth-order valence-electron chi connectivity index (χ4n) is 1.44. The lowest BCUT2D eigenvalue weighted by Gasteiger charge is -1.96. The van der Waals surface area contributed by atoms with Crippen molar-refractivity contribution in [1.29, 1.82) is 0 Å². The number of amidine groups is 1. The largest absolute Gasteiger partial charge is 0.270 e. The molecule has 0 amide bonds. The molecule has 0 saturated carbocycles. The number of benzene rings is 1. The average Bonchev–Trinajstić information content (AvgIpc) is 2.44. The van der Waals surface area contributed by atoms with Gasteiger partial charge < -0.3 is 0 Å². The zero-order chi connectivity index (χ0) is 8.55. The van der Waals surface area contributed by atoms with Gasteiger partial charge in [0.1, 0.15) is 0 Å². The first-order chi connectivity index (χ1) is 5.83. The molecule has 0 saturated heterocycles. The van der Waals surface area contributed by atoms with Crippen LogP contribution in [0.4, 0.5) is 0 Å². The fraction of sp³-hybridized carbons (Fsp3) is 0.200. The molecule has 0 atom stereocenters. The second-order valence-electron chi connectivity index (χ2n) is 2.79. The number of hydrogen-bond acceptors (Lipinski definition) is 1. The maximum atomic E-state index is 4.34. The van der Waals surface area contributed by atoms with Crippen LogP contribution in [0.5, 0.6) is 0 Å². The number of aliphatic imine (C=N–C) groups is 2. The van der Waals surface area contributed by atoms with E-state index in [-0.39, 0.29) is 0 Å². The van der Waals surface area contributed by atoms with Crippen molar-refractivity contribution in [2.75, 3.05) is 7.05 Å². The lowest BCUT2D eigenvalue weighted by Crippen LogP contribution is -1.93. The highest BCUT2D eigenvalue weighted by molar-refractivity contribution is 6.22. The highest BCUT2D eigenvalue weighted by atomic mass is 14.9. The Balaban J connectivity index is 2.67. The quantitative estimate of drug-likeness (QED) is 0.550. The Kier molecular flexibility index (Phi) is 1.54. The van der Waals surface area contributed by atoms with E-state index in [1.54, 1.807) is 7.05 Å². The minimum Gasteiger partial charge on any atom is -0.270 e. The molecular weight excluding hydrogens is 148 g/mol. The molecule has 60 valence electrons. The van der Waals surface area contributed by atoms with Crippen molar-refractivity contribution in [3.8, 4) is 0 Å². The smallest absolute Gasteiger partial charge is 0.155 e. The summed E-state index contributed by atoms with van der Waals surface area (Å²) in [6.07, 6.45) is 0. The van der Waals surface area contributed by atoms with E-state index in [0.717, 1.165) is 17.1 Å². The van der Waals surface area contributed by atoms with Crippen molar-refractivity contribution in [1.82, 2.24) is 0 Å². The van der Waals surface area contributed by atoms with E-state index < -0.39 is 0 Å². The summed E-state index contributed by atoms with van der Waals surface area (Å²) in [4.78, 5) is 8.45. The van der Waals surface area contributed by atoms with Crippen LogP contribution in [0.2, 0.25) is 0 Å². The molecule has 1 aliphatic rings. The molecule has 12 heavy (non-hydrogen) atoms. The Bertz CT molecular complexity index is 375. The first-order valence-corrected chi connectivity index (χ1v) is 3.95. The third-order valence-electron chi connectivity index (χ3n) is 2.04. The van der Waals surface area contributed by atoms with E-state index in [0.29, 0.717) is 0 Å². The molecule has 0 aromatic heterocycles. The average molecular weight is 158 g/mol. The number of nitrogens with zero attached hydrogens (tertiary/aromatic N) is 2. The van der Waals surface area contributed by atoms with Gasteiger partial charge in [-0.2, -0.15) is 0 Å². The second kappa shape index (κ2) is 2.55. The predicted molar refractivity (Wildman–Crippen MR) is 51.1 cm³/mol. The van der Waals surface area contributed by atoms with Gasteiger partial charge in [0.15, 0.2) is 5.84 Å². The maximum absolute atomic E-state index is 4.34. The normalized spacial score (nSPS) is 17.8. The lowest BCUT2D eigenvalue weighted by molar-refractivity contribution is 1.40. The summed E-state index contributed by atoms with van der Waals surface area (Å²) in [7, 11) is 1.77. The summed E-state index contributed by atoms with van der Waals surface area (Å²) in [6, 6.07) is 8.17. The molecule has 1 aromatic carbocycles. The standard InChI is InChI=1S/C10H10N2/c1-7-8-5-3-4-6-9(8)10(11-2)12-7/h3-6H,1-2H3. The summed E-state index contributed by atoms with van der Waals surface area (Å²) in [5.74, 6) is 0.850. The fourth-order valence-corrected chi connectivity index (χ4v) is 1.44. The van der Waals surface area contributed by atoms with Crippen LogP contribution in [0.25, 0.3) is 0 Å². The maximum Gasteiger partial charge on any atom is 0.155 e. The first kappa shape index (κ1) is 7.22. The Morgan fingerprint density at radius 3 is 2.50 bits per heavy atom. The number of hydrogen-bond donors (Lipinski definition) is 0. The summed E-state index contributed by atoms with van der Waals surface area (Å²) < 4.78 is 0. The minimum absolute atomic E-state index is 0.850. The third-order valence-corrected chi connectivity index (χ3v) is 2.04. The van der Waals surface area contributed by atoms with Crippen molar-refractivity contribution in [3.63, 3.8) is 0 Å². The Hall–Kier alpha value is -1.44. The van der Waals surface area contributed by atoms with Crippen LogP contribution in [0.3, 0.4) is 0 Å². The molecule has 1 aliphatic heterocycles. The van der Waals surface area contributed by atoms with E-state index in [2.05, 4.69) is 22.1 Å². The van der Waals surface area contributed by atoms with Crippen LogP contribution in [0.1, 0.15) is 18.1 Å². The van der Waals surface area contributed by atoms with E-state index in [1.807, 2.05) is 19.1 Å². The highest BCUT2D eigenvalue weighted by Crippen LogP contribution is 2.18. The van der Waals surface area contributed by atoms with Crippen molar-refractivity contribution in [3.05, 3.63) is 35.4 Å². The molecule has 2 rings (SSSR count). The minimum atomic E-state index is 0.850. The Morgan fingerprint density at radius 1 is 1.17 bits per heavy atom. The second-order valence-corrected chi connectivity index (χ2v) is 2.79. The van der Waals surface area contributed by atoms with Crippen LogP contribution >= 0.6 is 0 Å². The summed E-state index contributed by atoms with van der Waals surface area (Å²) in [5, 5.41) is 0. The predicted octanol–water partition coefficient (Wildman–Crippen LogP) is 1.89. The van der Waals surface area contributed by atoms with Gasteiger partial charge in [-0.15, -0.1) is 0 Å². The van der Waals surface area contributed by atoms with Gasteiger partial charge in [-0.25, -0.2) is 4.99 Å². The van der Waals surface area contributed by atoms with E-state index >= 15 is 0 Å². The van der Waals surface area contributed by atoms with Crippen LogP contribution < -0.4 is 0 Å². The molecule has 1 heterocycles. The van der Waals surface area contributed by atoms with Crippen LogP contribution in [0.15, 0.2) is 34.3 Å². The molecule has 0 N–H and O–H groups in total. The topological polar surface area (TPSA) is 24.7 Å². The van der Waals surface area contributed by atoms with Gasteiger partial charge in [-0.3, -0.25) is 4.99 Å². The lowest BCUT2D eigenvalue weighted by atomic mass is 10.1. The molecule has 0 fully saturated rings. The van der Waals surface area contributed by atoms with Gasteiger partial charge in [0, 0.05) is 23.9 Å². The molecular formula is C10H10N2. The summed E-state index contributed by atoms with van der Waals surface area (Å²) >= 11 is 0. The third kappa shape index (κ3) is 0.881. The van der Waals surface area contributed by atoms with Crippen molar-refractivity contribution in [2.45, 2.75) is 6.92 Å². The first-order valence-electron chi connectivity index (χ1n) is 3.95. The van der Waals surface area contributed by atoms with Crippen LogP contribution in [0, 0.1) is 0 Å². The van der Waals surface area contributed by atoms with Gasteiger partial charge >= 0.3 is 0 Å². The van der Waals surface area contributed by atoms with Crippen LogP contribution in [-0.2, 0) is 0 Å². The highest BCUT2D eigenvalue weighted by Gasteiger charge is 2.16. The van der Waals surface area contributed by atoms with Crippen molar-refractivity contribution < 1.29 is 0 Å². The van der Waals surface area contributed by atoms with Gasteiger partial charge in [-0.05, 0) is 6.92 Å². The Morgan fingerprint density at radius 2 is 1.83 bits per heavy atom. The number of fused-ring (bicyclic) bond motifs is 1. The molecule has 0 bridgehead atoms. The monoisotopic (exact) mass is 158 g/mol. The molecule has 2 heteroatoms. The van der Waals surface area contributed by atoms with E-state index in [4.69, 9.17) is 0 Å². The van der Waals surface area contributed by atoms with E-state index in [1.165, 1.54) is 5.56 Å². The molecule has 2 nitrogen and oxygen atoms in total. The number of rotatable bonds is 0. The van der Waals surface area contributed by atoms with Crippen molar-refractivity contribution in [2.24, 2.45) is 9.98 Å². The molecule has 0 unspecified atom stereocenters. The molecule has 0 aliphatic carbocycles. The SMILES string of the molecule is CN=C1N=C(C)c2ccccc21. The van der Waals surface area contributed by atoms with E-state index in [9.17, 15) is 0 Å².